The van der Waals surface area contributed by atoms with Crippen LogP contribution in [0.5, 0.6) is 0 Å². The lowest BCUT2D eigenvalue weighted by Gasteiger charge is -2.26. The van der Waals surface area contributed by atoms with Crippen molar-refractivity contribution in [3.63, 3.8) is 0 Å². The number of nitrogens with one attached hydrogen (secondary N) is 2. The van der Waals surface area contributed by atoms with Crippen molar-refractivity contribution in [3.05, 3.63) is 34.9 Å². The molecule has 0 spiro atoms. The normalized spacial score (nSPS) is 24.4. The minimum Gasteiger partial charge on any atom is -0.481 e. The molecule has 1 aromatic rings. The first-order valence-corrected chi connectivity index (χ1v) is 7.49. The van der Waals surface area contributed by atoms with Crippen LogP contribution in [0, 0.1) is 5.92 Å². The van der Waals surface area contributed by atoms with Gasteiger partial charge >= 0.3 is 5.97 Å². The highest BCUT2D eigenvalue weighted by atomic mass is 16.4. The average Bonchev–Trinajstić information content (AvgIpc) is 2.95. The number of carbonyl (C=O) groups excluding carboxylic acids is 1. The number of hydrogen-bond acceptors (Lipinski definition) is 3. The molecule has 0 saturated heterocycles. The molecule has 0 aromatic heterocycles. The van der Waals surface area contributed by atoms with E-state index in [4.69, 9.17) is 5.11 Å². The lowest BCUT2D eigenvalue weighted by molar-refractivity contribution is -0.142. The summed E-state index contributed by atoms with van der Waals surface area (Å²) in [6.45, 7) is 1.69. The van der Waals surface area contributed by atoms with Gasteiger partial charge in [0.05, 0.1) is 5.92 Å². The molecule has 1 saturated carbocycles. The molecule has 1 aliphatic heterocycles. The molecule has 1 aliphatic carbocycles. The Kier molecular flexibility index (Phi) is 3.92. The standard InChI is InChI=1S/C16H20N2O3/c19-15(11-1-2-12-8-17-9-13(12)7-11)18-14-5-3-10(4-6-14)16(20)21/h1-2,7,10,14,17H,3-6,8-9H2,(H,18,19)(H,20,21). The number of rotatable bonds is 3. The number of carbonyl (C=O) groups is 2. The molecule has 2 aliphatic rings. The second-order valence-corrected chi connectivity index (χ2v) is 5.95. The van der Waals surface area contributed by atoms with E-state index >= 15 is 0 Å². The Morgan fingerprint density at radius 2 is 1.81 bits per heavy atom. The van der Waals surface area contributed by atoms with E-state index in [2.05, 4.69) is 10.6 Å². The fourth-order valence-corrected chi connectivity index (χ4v) is 3.19. The quantitative estimate of drug-likeness (QED) is 0.790. The second kappa shape index (κ2) is 5.85. The number of fused-ring (bicyclic) bond motifs is 1. The second-order valence-electron chi connectivity index (χ2n) is 5.95. The first kappa shape index (κ1) is 14.1. The molecule has 0 unspecified atom stereocenters. The summed E-state index contributed by atoms with van der Waals surface area (Å²) in [4.78, 5) is 23.2. The van der Waals surface area contributed by atoms with Crippen LogP contribution >= 0.6 is 0 Å². The average molecular weight is 288 g/mol. The molecule has 5 nitrogen and oxygen atoms in total. The molecule has 0 radical (unpaired) electrons. The Hall–Kier alpha value is -1.88. The number of benzene rings is 1. The van der Waals surface area contributed by atoms with E-state index in [1.54, 1.807) is 0 Å². The van der Waals surface area contributed by atoms with Crippen molar-refractivity contribution in [2.24, 2.45) is 5.92 Å². The highest BCUT2D eigenvalue weighted by Crippen LogP contribution is 2.25. The van der Waals surface area contributed by atoms with Crippen LogP contribution in [0.1, 0.15) is 47.2 Å². The fourth-order valence-electron chi connectivity index (χ4n) is 3.19. The van der Waals surface area contributed by atoms with Crippen LogP contribution in [0.15, 0.2) is 18.2 Å². The summed E-state index contributed by atoms with van der Waals surface area (Å²) in [5, 5.41) is 15.3. The molecule has 1 fully saturated rings. The van der Waals surface area contributed by atoms with Gasteiger partial charge in [0.25, 0.3) is 5.91 Å². The summed E-state index contributed by atoms with van der Waals surface area (Å²) in [7, 11) is 0. The zero-order valence-corrected chi connectivity index (χ0v) is 11.9. The van der Waals surface area contributed by atoms with E-state index in [9.17, 15) is 9.59 Å². The van der Waals surface area contributed by atoms with E-state index in [-0.39, 0.29) is 17.9 Å². The van der Waals surface area contributed by atoms with Gasteiger partial charge in [-0.25, -0.2) is 0 Å². The maximum Gasteiger partial charge on any atom is 0.306 e. The molecule has 1 heterocycles. The van der Waals surface area contributed by atoms with Crippen molar-refractivity contribution < 1.29 is 14.7 Å². The van der Waals surface area contributed by atoms with Gasteiger partial charge in [-0.1, -0.05) is 6.07 Å². The van der Waals surface area contributed by atoms with Gasteiger partial charge < -0.3 is 15.7 Å². The SMILES string of the molecule is O=C(NC1CCC(C(=O)O)CC1)c1ccc2c(c1)CNC2. The highest BCUT2D eigenvalue weighted by molar-refractivity contribution is 5.94. The predicted octanol–water partition coefficient (Wildman–Crippen LogP) is 1.66. The number of aliphatic carboxylic acids is 1. The van der Waals surface area contributed by atoms with Gasteiger partial charge in [-0.15, -0.1) is 0 Å². The van der Waals surface area contributed by atoms with Crippen molar-refractivity contribution in [1.29, 1.82) is 0 Å². The molecule has 112 valence electrons. The van der Waals surface area contributed by atoms with Gasteiger partial charge in [0.1, 0.15) is 0 Å². The third-order valence-electron chi connectivity index (χ3n) is 4.51. The molecular weight excluding hydrogens is 268 g/mol. The number of hydrogen-bond donors (Lipinski definition) is 3. The van der Waals surface area contributed by atoms with Crippen LogP contribution in [0.25, 0.3) is 0 Å². The van der Waals surface area contributed by atoms with Crippen LogP contribution < -0.4 is 10.6 Å². The lowest BCUT2D eigenvalue weighted by atomic mass is 9.86. The zero-order valence-electron chi connectivity index (χ0n) is 11.9. The van der Waals surface area contributed by atoms with Gasteiger partial charge in [0, 0.05) is 24.7 Å². The van der Waals surface area contributed by atoms with Crippen LogP contribution in [-0.4, -0.2) is 23.0 Å². The van der Waals surface area contributed by atoms with Crippen molar-refractivity contribution in [2.75, 3.05) is 0 Å². The van der Waals surface area contributed by atoms with Gasteiger partial charge in [-0.3, -0.25) is 9.59 Å². The topological polar surface area (TPSA) is 78.4 Å². The molecular formula is C16H20N2O3. The molecule has 3 N–H and O–H groups in total. The van der Waals surface area contributed by atoms with Gasteiger partial charge in [0.2, 0.25) is 0 Å². The number of carboxylic acid groups (broad SMARTS) is 1. The summed E-state index contributed by atoms with van der Waals surface area (Å²) in [6.07, 6.45) is 2.78. The van der Waals surface area contributed by atoms with E-state index in [0.717, 1.165) is 25.9 Å². The first-order valence-electron chi connectivity index (χ1n) is 7.49. The first-order chi connectivity index (χ1) is 10.1. The van der Waals surface area contributed by atoms with Crippen molar-refractivity contribution >= 4 is 11.9 Å². The Bertz CT molecular complexity index is 563. The van der Waals surface area contributed by atoms with Gasteiger partial charge in [-0.05, 0) is 48.9 Å². The maximum atomic E-state index is 12.3. The van der Waals surface area contributed by atoms with Crippen molar-refractivity contribution in [1.82, 2.24) is 10.6 Å². The Morgan fingerprint density at radius 1 is 1.10 bits per heavy atom. The summed E-state index contributed by atoms with van der Waals surface area (Å²) < 4.78 is 0. The molecule has 1 aromatic carbocycles. The van der Waals surface area contributed by atoms with Crippen molar-refractivity contribution in [3.8, 4) is 0 Å². The van der Waals surface area contributed by atoms with Crippen molar-refractivity contribution in [2.45, 2.75) is 44.8 Å². The third kappa shape index (κ3) is 3.08. The van der Waals surface area contributed by atoms with Gasteiger partial charge in [-0.2, -0.15) is 0 Å². The monoisotopic (exact) mass is 288 g/mol. The van der Waals surface area contributed by atoms with E-state index < -0.39 is 5.97 Å². The predicted molar refractivity (Wildman–Crippen MR) is 77.8 cm³/mol. The van der Waals surface area contributed by atoms with E-state index in [1.807, 2.05) is 18.2 Å². The minimum atomic E-state index is -0.717. The molecule has 1 amide bonds. The third-order valence-corrected chi connectivity index (χ3v) is 4.51. The summed E-state index contributed by atoms with van der Waals surface area (Å²) in [5.41, 5.74) is 3.14. The summed E-state index contributed by atoms with van der Waals surface area (Å²) in [5.74, 6) is -1.02. The van der Waals surface area contributed by atoms with E-state index in [0.29, 0.717) is 18.4 Å². The molecule has 21 heavy (non-hydrogen) atoms. The Morgan fingerprint density at radius 3 is 2.52 bits per heavy atom. The summed E-state index contributed by atoms with van der Waals surface area (Å²) >= 11 is 0. The maximum absolute atomic E-state index is 12.3. The Labute approximate surface area is 123 Å². The highest BCUT2D eigenvalue weighted by Gasteiger charge is 2.27. The van der Waals surface area contributed by atoms with Crippen LogP contribution in [0.3, 0.4) is 0 Å². The van der Waals surface area contributed by atoms with Crippen LogP contribution in [0.4, 0.5) is 0 Å². The zero-order chi connectivity index (χ0) is 14.8. The molecule has 0 bridgehead atoms. The largest absolute Gasteiger partial charge is 0.481 e. The van der Waals surface area contributed by atoms with Gasteiger partial charge in [0.15, 0.2) is 0 Å². The Balaban J connectivity index is 1.58. The molecule has 3 rings (SSSR count). The van der Waals surface area contributed by atoms with Crippen LogP contribution in [0.2, 0.25) is 0 Å². The van der Waals surface area contributed by atoms with E-state index in [1.165, 1.54) is 11.1 Å². The minimum absolute atomic E-state index is 0.0523. The fraction of sp³-hybridized carbons (Fsp3) is 0.500. The van der Waals surface area contributed by atoms with Crippen LogP contribution in [-0.2, 0) is 17.9 Å². The number of amides is 1. The lowest BCUT2D eigenvalue weighted by Crippen LogP contribution is -2.38. The molecule has 5 heteroatoms. The summed E-state index contributed by atoms with van der Waals surface area (Å²) in [6, 6.07) is 5.92. The number of carboxylic acids is 1. The molecule has 0 atom stereocenters. The smallest absolute Gasteiger partial charge is 0.306 e.